The van der Waals surface area contributed by atoms with Gasteiger partial charge < -0.3 is 15.4 Å². The molecule has 4 unspecified atom stereocenters. The lowest BCUT2D eigenvalue weighted by atomic mass is 9.83. The highest BCUT2D eigenvalue weighted by Gasteiger charge is 2.19. The Morgan fingerprint density at radius 2 is 1.71 bits per heavy atom. The number of hydrogen-bond donors (Lipinski definition) is 2. The van der Waals surface area contributed by atoms with Crippen LogP contribution in [-0.2, 0) is 6.42 Å². The lowest BCUT2D eigenvalue weighted by Gasteiger charge is -2.27. The van der Waals surface area contributed by atoms with Gasteiger partial charge in [0.1, 0.15) is 5.75 Å². The predicted molar refractivity (Wildman–Crippen MR) is 215 cm³/mol. The molecule has 0 radical (unpaired) electrons. The molecule has 1 aliphatic rings. The molecule has 0 saturated heterocycles. The van der Waals surface area contributed by atoms with Gasteiger partial charge in [0.2, 0.25) is 0 Å². The average Bonchev–Trinajstić information content (AvgIpc) is 3.05. The fourth-order valence-corrected chi connectivity index (χ4v) is 6.24. The molecule has 1 aromatic carbocycles. The van der Waals surface area contributed by atoms with E-state index < -0.39 is 0 Å². The van der Waals surface area contributed by atoms with Crippen LogP contribution in [0.4, 0.5) is 0 Å². The second-order valence-electron chi connectivity index (χ2n) is 14.1. The summed E-state index contributed by atoms with van der Waals surface area (Å²) in [5.74, 6) is 3.41. The molecule has 0 bridgehead atoms. The highest BCUT2D eigenvalue weighted by Crippen LogP contribution is 2.29. The maximum atomic E-state index is 6.48. The van der Waals surface area contributed by atoms with E-state index in [4.69, 9.17) is 16.3 Å². The molecule has 2 N–H and O–H groups in total. The van der Waals surface area contributed by atoms with Crippen molar-refractivity contribution in [1.82, 2.24) is 10.6 Å². The zero-order valence-corrected chi connectivity index (χ0v) is 32.8. The molecule has 5 atom stereocenters. The molecule has 0 heterocycles. The van der Waals surface area contributed by atoms with Crippen molar-refractivity contribution in [3.05, 3.63) is 114 Å². The van der Waals surface area contributed by atoms with E-state index in [-0.39, 0.29) is 6.04 Å². The van der Waals surface area contributed by atoms with Gasteiger partial charge in [0, 0.05) is 17.9 Å². The van der Waals surface area contributed by atoms with E-state index in [1.165, 1.54) is 36.0 Å². The minimum absolute atomic E-state index is 0.0676. The van der Waals surface area contributed by atoms with E-state index in [1.807, 2.05) is 26.0 Å². The second-order valence-corrected chi connectivity index (χ2v) is 14.5. The van der Waals surface area contributed by atoms with Crippen LogP contribution in [0.3, 0.4) is 0 Å². The SMILES string of the molecule is C=C(/C=C/CCC(C)C(C)CC1=CCCC=C1)N[C@H](Cc1ccc(OC)c(Cl)c1)C(=C)NCC(C)C(=C)CC(CC(C)C)C(=C)C.CC. The topological polar surface area (TPSA) is 33.3 Å². The Morgan fingerprint density at radius 3 is 2.29 bits per heavy atom. The third-order valence-corrected chi connectivity index (χ3v) is 9.73. The molecule has 0 saturated carbocycles. The zero-order chi connectivity index (χ0) is 36.2. The fraction of sp³-hybridized carbons (Fsp3) is 0.545. The number of ether oxygens (including phenoxy) is 1. The summed E-state index contributed by atoms with van der Waals surface area (Å²) < 4.78 is 5.37. The monoisotopic (exact) mass is 677 g/mol. The molecule has 1 aliphatic carbocycles. The summed E-state index contributed by atoms with van der Waals surface area (Å²) in [6, 6.07) is 5.88. The standard InChI is InChI=1S/C42H63ClN2O.C2H6/c1-29(2)23-39(30(3)4)25-33(7)34(8)28-44-36(10)41(27-38-21-22-42(46-11)40(43)26-38)45-35(9)18-16-15-17-31(5)32(6)24-37-19-13-12-14-20-37;1-2/h13,16,18-22,26,29,31-32,34,39,41,44-45H,3,7,9-10,12,14-15,17,23-25,27-28H2,1-2,4-6,8,11H3;1-2H3/b18-16+;/t31?,32?,34?,39?,41-;/m1./s1. The predicted octanol–water partition coefficient (Wildman–Crippen LogP) is 12.6. The average molecular weight is 678 g/mol. The van der Waals surface area contributed by atoms with Gasteiger partial charge >= 0.3 is 0 Å². The Labute approximate surface area is 301 Å². The van der Waals surface area contributed by atoms with Crippen molar-refractivity contribution in [2.24, 2.45) is 29.6 Å². The van der Waals surface area contributed by atoms with Gasteiger partial charge in [-0.2, -0.15) is 0 Å². The number of nitrogens with one attached hydrogen (secondary N) is 2. The largest absolute Gasteiger partial charge is 0.495 e. The second kappa shape index (κ2) is 23.4. The molecule has 1 aromatic rings. The summed E-state index contributed by atoms with van der Waals surface area (Å²) in [7, 11) is 1.64. The molecule has 3 nitrogen and oxygen atoms in total. The summed E-state index contributed by atoms with van der Waals surface area (Å²) in [5.41, 5.74) is 6.89. The van der Waals surface area contributed by atoms with Crippen molar-refractivity contribution >= 4 is 11.6 Å². The molecule has 0 spiro atoms. The summed E-state index contributed by atoms with van der Waals surface area (Å²) in [6.45, 7) is 36.0. The van der Waals surface area contributed by atoms with E-state index in [1.54, 1.807) is 7.11 Å². The van der Waals surface area contributed by atoms with Gasteiger partial charge in [-0.25, -0.2) is 0 Å². The van der Waals surface area contributed by atoms with Crippen LogP contribution in [0.15, 0.2) is 103 Å². The highest BCUT2D eigenvalue weighted by molar-refractivity contribution is 6.32. The first-order chi connectivity index (χ1) is 22.8. The maximum absolute atomic E-state index is 6.48. The van der Waals surface area contributed by atoms with E-state index in [0.717, 1.165) is 49.2 Å². The normalized spacial score (nSPS) is 15.8. The van der Waals surface area contributed by atoms with Crippen molar-refractivity contribution < 1.29 is 4.74 Å². The van der Waals surface area contributed by atoms with E-state index in [0.29, 0.717) is 46.8 Å². The van der Waals surface area contributed by atoms with Crippen LogP contribution in [0.25, 0.3) is 0 Å². The molecule has 0 aliphatic heterocycles. The summed E-state index contributed by atoms with van der Waals surface area (Å²) in [5, 5.41) is 7.86. The van der Waals surface area contributed by atoms with Gasteiger partial charge in [0.05, 0.1) is 18.2 Å². The van der Waals surface area contributed by atoms with Crippen LogP contribution in [-0.4, -0.2) is 19.7 Å². The molecule has 48 heavy (non-hydrogen) atoms. The Hall–Kier alpha value is -2.91. The smallest absolute Gasteiger partial charge is 0.137 e. The van der Waals surface area contributed by atoms with Gasteiger partial charge in [0.25, 0.3) is 0 Å². The number of methoxy groups -OCH3 is 1. The summed E-state index contributed by atoms with van der Waals surface area (Å²) >= 11 is 6.48. The third kappa shape index (κ3) is 16.5. The van der Waals surface area contributed by atoms with Crippen LogP contribution in [0.5, 0.6) is 5.75 Å². The first-order valence-electron chi connectivity index (χ1n) is 18.4. The first-order valence-corrected chi connectivity index (χ1v) is 18.7. The van der Waals surface area contributed by atoms with Crippen LogP contribution < -0.4 is 15.4 Å². The number of allylic oxidation sites excluding steroid dienone is 7. The van der Waals surface area contributed by atoms with Gasteiger partial charge in [-0.15, -0.1) is 0 Å². The van der Waals surface area contributed by atoms with Crippen molar-refractivity contribution in [2.45, 2.75) is 113 Å². The number of benzene rings is 1. The molecule has 4 heteroatoms. The van der Waals surface area contributed by atoms with Gasteiger partial charge in [-0.1, -0.05) is 133 Å². The highest BCUT2D eigenvalue weighted by atomic mass is 35.5. The Morgan fingerprint density at radius 1 is 1.00 bits per heavy atom. The lowest BCUT2D eigenvalue weighted by molar-refractivity contribution is 0.365. The van der Waals surface area contributed by atoms with Crippen LogP contribution >= 0.6 is 11.6 Å². The number of hydrogen-bond acceptors (Lipinski definition) is 3. The third-order valence-electron chi connectivity index (χ3n) is 9.44. The minimum Gasteiger partial charge on any atom is -0.495 e. The van der Waals surface area contributed by atoms with Crippen molar-refractivity contribution in [2.75, 3.05) is 13.7 Å². The van der Waals surface area contributed by atoms with E-state index in [9.17, 15) is 0 Å². The van der Waals surface area contributed by atoms with Gasteiger partial charge in [0.15, 0.2) is 0 Å². The molecule has 0 amide bonds. The first kappa shape index (κ1) is 43.1. The lowest BCUT2D eigenvalue weighted by Crippen LogP contribution is -2.38. The van der Waals surface area contributed by atoms with E-state index in [2.05, 4.69) is 115 Å². The van der Waals surface area contributed by atoms with Crippen molar-refractivity contribution in [1.29, 1.82) is 0 Å². The molecular formula is C44H69ClN2O. The number of halogens is 1. The quantitative estimate of drug-likeness (QED) is 0.0947. The van der Waals surface area contributed by atoms with Crippen molar-refractivity contribution in [3.8, 4) is 5.75 Å². The van der Waals surface area contributed by atoms with Crippen LogP contribution in [0.2, 0.25) is 5.02 Å². The maximum Gasteiger partial charge on any atom is 0.137 e. The van der Waals surface area contributed by atoms with Crippen LogP contribution in [0, 0.1) is 29.6 Å². The number of rotatable bonds is 22. The molecule has 268 valence electrons. The summed E-state index contributed by atoms with van der Waals surface area (Å²) in [4.78, 5) is 0. The Balaban J connectivity index is 0.00000565. The molecule has 2 rings (SSSR count). The fourth-order valence-electron chi connectivity index (χ4n) is 5.96. The molecule has 0 fully saturated rings. The van der Waals surface area contributed by atoms with Crippen molar-refractivity contribution in [3.63, 3.8) is 0 Å². The van der Waals surface area contributed by atoms with Gasteiger partial charge in [-0.05, 0) is 112 Å². The molecule has 0 aromatic heterocycles. The Kier molecular flexibility index (Phi) is 21.1. The van der Waals surface area contributed by atoms with E-state index >= 15 is 0 Å². The Bertz CT molecular complexity index is 1250. The summed E-state index contributed by atoms with van der Waals surface area (Å²) in [6.07, 6.45) is 19.9. The van der Waals surface area contributed by atoms with Crippen LogP contribution in [0.1, 0.15) is 106 Å². The van der Waals surface area contributed by atoms with Gasteiger partial charge in [-0.3, -0.25) is 0 Å². The minimum atomic E-state index is -0.0676. The zero-order valence-electron chi connectivity index (χ0n) is 32.1. The molecular weight excluding hydrogens is 608 g/mol.